The molecule has 0 saturated heterocycles. The van der Waals surface area contributed by atoms with Gasteiger partial charge in [0.15, 0.2) is 12.3 Å². The van der Waals surface area contributed by atoms with E-state index >= 15 is 0 Å². The van der Waals surface area contributed by atoms with Crippen molar-refractivity contribution in [3.05, 3.63) is 84.3 Å². The maximum absolute atomic E-state index is 12.2. The number of benzene rings is 2. The van der Waals surface area contributed by atoms with Crippen LogP contribution in [0.5, 0.6) is 5.75 Å². The average Bonchev–Trinajstić information content (AvgIpc) is 3.14. The maximum Gasteiger partial charge on any atom is 0.279 e. The van der Waals surface area contributed by atoms with Crippen molar-refractivity contribution in [3.63, 3.8) is 0 Å². The van der Waals surface area contributed by atoms with Crippen LogP contribution in [0.15, 0.2) is 77.4 Å². The van der Waals surface area contributed by atoms with Crippen LogP contribution in [0.4, 0.5) is 5.69 Å². The van der Waals surface area contributed by atoms with Gasteiger partial charge in [-0.1, -0.05) is 30.3 Å². The summed E-state index contributed by atoms with van der Waals surface area (Å²) in [4.78, 5) is 13.2. The molecular weight excluding hydrogens is 328 g/mol. The molecule has 0 spiro atoms. The molecule has 1 aromatic heterocycles. The summed E-state index contributed by atoms with van der Waals surface area (Å²) in [6, 6.07) is 21.2. The van der Waals surface area contributed by atoms with E-state index in [0.717, 1.165) is 27.7 Å². The summed E-state index contributed by atoms with van der Waals surface area (Å²) in [5, 5.41) is 2.91. The molecule has 5 nitrogen and oxygen atoms in total. The number of hydrogen-bond acceptors (Lipinski definition) is 3. The Kier molecular flexibility index (Phi) is 6.06. The summed E-state index contributed by atoms with van der Waals surface area (Å²) in [6.07, 6.45) is 1.64. The van der Waals surface area contributed by atoms with Crippen molar-refractivity contribution in [2.75, 3.05) is 18.9 Å². The van der Waals surface area contributed by atoms with Gasteiger partial charge in [-0.15, -0.1) is 0 Å². The summed E-state index contributed by atoms with van der Waals surface area (Å²) in [7, 11) is 1.96. The van der Waals surface area contributed by atoms with E-state index in [0.29, 0.717) is 19.7 Å². The fourth-order valence-electron chi connectivity index (χ4n) is 2.63. The molecule has 0 saturated carbocycles. The highest BCUT2D eigenvalue weighted by Gasteiger charge is 2.12. The summed E-state index contributed by atoms with van der Waals surface area (Å²) < 4.78 is 11.1. The molecule has 0 fully saturated rings. The number of ether oxygens (including phenoxy) is 1. The van der Waals surface area contributed by atoms with Crippen LogP contribution in [-0.4, -0.2) is 19.5 Å². The first-order chi connectivity index (χ1) is 12.7. The first kappa shape index (κ1) is 17.8. The second-order valence-corrected chi connectivity index (χ2v) is 6.24. The third-order valence-electron chi connectivity index (χ3n) is 3.90. The Morgan fingerprint density at radius 1 is 1.04 bits per heavy atom. The lowest BCUT2D eigenvalue weighted by Crippen LogP contribution is -3.08. The molecule has 0 aliphatic carbocycles. The van der Waals surface area contributed by atoms with E-state index in [4.69, 9.17) is 9.15 Å². The number of nitrogens with one attached hydrogen (secondary N) is 2. The monoisotopic (exact) mass is 351 g/mol. The molecule has 26 heavy (non-hydrogen) atoms. The number of amides is 1. The largest absolute Gasteiger partial charge is 0.489 e. The minimum atomic E-state index is -0.0352. The van der Waals surface area contributed by atoms with E-state index in [1.165, 1.54) is 0 Å². The van der Waals surface area contributed by atoms with Crippen LogP contribution >= 0.6 is 0 Å². The standard InChI is InChI=1S/C21H22N2O3/c1-23(14-20-8-5-13-25-20)15-21(24)22-18-9-11-19(12-10-18)26-16-17-6-3-2-4-7-17/h2-13H,14-16H2,1H3,(H,22,24)/p+1. The molecule has 1 heterocycles. The van der Waals surface area contributed by atoms with Crippen molar-refractivity contribution in [2.24, 2.45) is 0 Å². The summed E-state index contributed by atoms with van der Waals surface area (Å²) in [5.41, 5.74) is 1.88. The Morgan fingerprint density at radius 2 is 1.81 bits per heavy atom. The SMILES string of the molecule is C[NH+](CC(=O)Nc1ccc(OCc2ccccc2)cc1)Cc1ccco1. The Hall–Kier alpha value is -3.05. The van der Waals surface area contributed by atoms with Crippen LogP contribution in [-0.2, 0) is 17.9 Å². The van der Waals surface area contributed by atoms with Crippen LogP contribution in [0.1, 0.15) is 11.3 Å². The lowest BCUT2D eigenvalue weighted by molar-refractivity contribution is -0.886. The minimum absolute atomic E-state index is 0.0352. The zero-order valence-electron chi connectivity index (χ0n) is 14.8. The molecule has 5 heteroatoms. The van der Waals surface area contributed by atoms with Gasteiger partial charge in [0.1, 0.15) is 18.9 Å². The molecule has 134 valence electrons. The zero-order valence-corrected chi connectivity index (χ0v) is 14.8. The van der Waals surface area contributed by atoms with Crippen molar-refractivity contribution < 1.29 is 18.8 Å². The Labute approximate surface area is 153 Å². The van der Waals surface area contributed by atoms with Crippen molar-refractivity contribution >= 4 is 11.6 Å². The molecule has 3 aromatic rings. The van der Waals surface area contributed by atoms with Gasteiger partial charge in [-0.05, 0) is 42.0 Å². The van der Waals surface area contributed by atoms with Gasteiger partial charge < -0.3 is 19.4 Å². The first-order valence-electron chi connectivity index (χ1n) is 8.59. The predicted molar refractivity (Wildman–Crippen MR) is 100 cm³/mol. The molecular formula is C21H23N2O3+. The Balaban J connectivity index is 1.45. The summed E-state index contributed by atoms with van der Waals surface area (Å²) in [5.74, 6) is 1.61. The molecule has 0 aliphatic heterocycles. The van der Waals surface area contributed by atoms with Gasteiger partial charge in [-0.2, -0.15) is 0 Å². The Morgan fingerprint density at radius 3 is 2.50 bits per heavy atom. The predicted octanol–water partition coefficient (Wildman–Crippen LogP) is 2.51. The number of carbonyl (C=O) groups excluding carboxylic acids is 1. The van der Waals surface area contributed by atoms with Gasteiger partial charge in [0.25, 0.3) is 5.91 Å². The smallest absolute Gasteiger partial charge is 0.279 e. The van der Waals surface area contributed by atoms with Gasteiger partial charge in [-0.25, -0.2) is 0 Å². The Bertz CT molecular complexity index is 799. The van der Waals surface area contributed by atoms with E-state index in [1.807, 2.05) is 73.8 Å². The number of likely N-dealkylation sites (N-methyl/N-ethyl adjacent to an activating group) is 1. The van der Waals surface area contributed by atoms with Crippen molar-refractivity contribution in [1.29, 1.82) is 0 Å². The first-order valence-corrected chi connectivity index (χ1v) is 8.59. The number of carbonyl (C=O) groups is 1. The van der Waals surface area contributed by atoms with Gasteiger partial charge in [0.2, 0.25) is 0 Å². The number of quaternary nitrogens is 1. The maximum atomic E-state index is 12.2. The molecule has 2 aromatic carbocycles. The third kappa shape index (κ3) is 5.50. The van der Waals surface area contributed by atoms with Crippen molar-refractivity contribution in [1.82, 2.24) is 0 Å². The van der Waals surface area contributed by atoms with Crippen LogP contribution in [0, 0.1) is 0 Å². The van der Waals surface area contributed by atoms with Crippen LogP contribution in [0.3, 0.4) is 0 Å². The van der Waals surface area contributed by atoms with Crippen LogP contribution < -0.4 is 15.0 Å². The second-order valence-electron chi connectivity index (χ2n) is 6.24. The fraction of sp³-hybridized carbons (Fsp3) is 0.190. The van der Waals surface area contributed by atoms with Gasteiger partial charge in [0, 0.05) is 5.69 Å². The molecule has 1 atom stereocenters. The second kappa shape index (κ2) is 8.87. The molecule has 1 amide bonds. The third-order valence-corrected chi connectivity index (χ3v) is 3.90. The highest BCUT2D eigenvalue weighted by Crippen LogP contribution is 2.17. The summed E-state index contributed by atoms with van der Waals surface area (Å²) >= 11 is 0. The topological polar surface area (TPSA) is 55.9 Å². The van der Waals surface area contributed by atoms with Gasteiger partial charge in [-0.3, -0.25) is 4.79 Å². The van der Waals surface area contributed by atoms with Crippen molar-refractivity contribution in [2.45, 2.75) is 13.2 Å². The van der Waals surface area contributed by atoms with Gasteiger partial charge >= 0.3 is 0 Å². The lowest BCUT2D eigenvalue weighted by atomic mass is 10.2. The van der Waals surface area contributed by atoms with E-state index < -0.39 is 0 Å². The lowest BCUT2D eigenvalue weighted by Gasteiger charge is -2.13. The molecule has 1 unspecified atom stereocenters. The zero-order chi connectivity index (χ0) is 18.2. The molecule has 0 radical (unpaired) electrons. The van der Waals surface area contributed by atoms with Crippen LogP contribution in [0.25, 0.3) is 0 Å². The number of rotatable bonds is 8. The molecule has 0 bridgehead atoms. The van der Waals surface area contributed by atoms with Gasteiger partial charge in [0.05, 0.1) is 13.3 Å². The van der Waals surface area contributed by atoms with Crippen molar-refractivity contribution in [3.8, 4) is 5.75 Å². The van der Waals surface area contributed by atoms with E-state index in [2.05, 4.69) is 5.32 Å². The molecule has 3 rings (SSSR count). The summed E-state index contributed by atoms with van der Waals surface area (Å²) in [6.45, 7) is 1.56. The number of furan rings is 1. The average molecular weight is 351 g/mol. The minimum Gasteiger partial charge on any atom is -0.489 e. The van der Waals surface area contributed by atoms with E-state index in [9.17, 15) is 4.79 Å². The number of anilines is 1. The number of hydrogen-bond donors (Lipinski definition) is 2. The van der Waals surface area contributed by atoms with Crippen LogP contribution in [0.2, 0.25) is 0 Å². The molecule has 2 N–H and O–H groups in total. The quantitative estimate of drug-likeness (QED) is 0.656. The van der Waals surface area contributed by atoms with E-state index in [1.54, 1.807) is 6.26 Å². The van der Waals surface area contributed by atoms with E-state index in [-0.39, 0.29) is 5.91 Å². The molecule has 0 aliphatic rings. The fourth-order valence-corrected chi connectivity index (χ4v) is 2.63. The highest BCUT2D eigenvalue weighted by atomic mass is 16.5. The normalized spacial score (nSPS) is 11.7. The highest BCUT2D eigenvalue weighted by molar-refractivity contribution is 5.91.